The number of nitrogens with zero attached hydrogens (tertiary/aromatic N) is 4. The molecule has 1 aromatic rings. The molecule has 1 N–H and O–H groups in total. The van der Waals surface area contributed by atoms with E-state index in [0.29, 0.717) is 32.4 Å². The van der Waals surface area contributed by atoms with Crippen molar-refractivity contribution in [3.63, 3.8) is 0 Å². The minimum Gasteiger partial charge on any atom is -0.396 e. The van der Waals surface area contributed by atoms with E-state index in [9.17, 15) is 9.59 Å². The Balaban J connectivity index is 1.58. The third-order valence-electron chi connectivity index (χ3n) is 5.84. The van der Waals surface area contributed by atoms with Crippen LogP contribution in [0.3, 0.4) is 0 Å². The Labute approximate surface area is 155 Å². The van der Waals surface area contributed by atoms with Gasteiger partial charge in [0.2, 0.25) is 11.8 Å². The van der Waals surface area contributed by atoms with Crippen molar-refractivity contribution in [3.05, 3.63) is 18.2 Å². The number of aliphatic hydroxyl groups is 1. The van der Waals surface area contributed by atoms with Crippen LogP contribution in [-0.4, -0.2) is 69.1 Å². The number of aryl methyl sites for hydroxylation is 2. The predicted molar refractivity (Wildman–Crippen MR) is 97.3 cm³/mol. The van der Waals surface area contributed by atoms with Crippen molar-refractivity contribution in [2.45, 2.75) is 52.0 Å². The molecule has 144 valence electrons. The molecule has 2 saturated heterocycles. The van der Waals surface area contributed by atoms with Gasteiger partial charge in [-0.2, -0.15) is 0 Å². The number of amides is 2. The topological polar surface area (TPSA) is 78.7 Å². The largest absolute Gasteiger partial charge is 0.396 e. The Hall–Kier alpha value is -1.89. The smallest absolute Gasteiger partial charge is 0.224 e. The number of hydrogen-bond donors (Lipinski definition) is 1. The van der Waals surface area contributed by atoms with Crippen molar-refractivity contribution in [3.8, 4) is 0 Å². The highest BCUT2D eigenvalue weighted by molar-refractivity contribution is 5.78. The van der Waals surface area contributed by atoms with Gasteiger partial charge in [-0.3, -0.25) is 9.59 Å². The highest BCUT2D eigenvalue weighted by Crippen LogP contribution is 2.39. The molecular formula is C19H30N4O3. The Morgan fingerprint density at radius 1 is 1.31 bits per heavy atom. The standard InChI is InChI=1S/C19H30N4O3/c1-16-20-8-12-21(16)11-5-18(26)22-9-2-6-19(14-22)7-4-17(25)23(15-19)10-3-13-24/h8,12,24H,2-7,9-11,13-15H2,1H3. The van der Waals surface area contributed by atoms with E-state index in [2.05, 4.69) is 4.98 Å². The Bertz CT molecular complexity index is 644. The van der Waals surface area contributed by atoms with Crippen LogP contribution < -0.4 is 0 Å². The normalized spacial score (nSPS) is 23.7. The van der Waals surface area contributed by atoms with Gasteiger partial charge in [0.05, 0.1) is 0 Å². The molecule has 2 aliphatic rings. The van der Waals surface area contributed by atoms with Crippen molar-refractivity contribution >= 4 is 11.8 Å². The molecular weight excluding hydrogens is 332 g/mol. The van der Waals surface area contributed by atoms with Gasteiger partial charge in [0.15, 0.2) is 0 Å². The molecule has 0 saturated carbocycles. The fourth-order valence-corrected chi connectivity index (χ4v) is 4.34. The third kappa shape index (κ3) is 4.26. The Kier molecular flexibility index (Phi) is 5.96. The molecule has 2 fully saturated rings. The van der Waals surface area contributed by atoms with E-state index in [1.54, 1.807) is 6.20 Å². The summed E-state index contributed by atoms with van der Waals surface area (Å²) >= 11 is 0. The van der Waals surface area contributed by atoms with E-state index in [0.717, 1.165) is 44.7 Å². The van der Waals surface area contributed by atoms with Gasteiger partial charge in [-0.1, -0.05) is 0 Å². The quantitative estimate of drug-likeness (QED) is 0.825. The summed E-state index contributed by atoms with van der Waals surface area (Å²) in [5.41, 5.74) is 0.0300. The first-order valence-electron chi connectivity index (χ1n) is 9.67. The summed E-state index contributed by atoms with van der Waals surface area (Å²) in [6.07, 6.45) is 8.27. The molecule has 2 aliphatic heterocycles. The van der Waals surface area contributed by atoms with E-state index in [-0.39, 0.29) is 23.8 Å². The monoisotopic (exact) mass is 362 g/mol. The molecule has 0 bridgehead atoms. The lowest BCUT2D eigenvalue weighted by molar-refractivity contribution is -0.143. The third-order valence-corrected chi connectivity index (χ3v) is 5.84. The number of imidazole rings is 1. The Morgan fingerprint density at radius 3 is 2.88 bits per heavy atom. The van der Waals surface area contributed by atoms with Crippen LogP contribution in [0.25, 0.3) is 0 Å². The molecule has 7 heteroatoms. The number of aliphatic hydroxyl groups excluding tert-OH is 1. The SMILES string of the molecule is Cc1nccn1CCC(=O)N1CCCC2(CCC(=O)N(CCCO)C2)C1. The zero-order chi connectivity index (χ0) is 18.6. The molecule has 1 unspecified atom stereocenters. The Morgan fingerprint density at radius 2 is 2.15 bits per heavy atom. The molecule has 0 radical (unpaired) electrons. The summed E-state index contributed by atoms with van der Waals surface area (Å²) in [5, 5.41) is 9.06. The average Bonchev–Trinajstić information content (AvgIpc) is 3.06. The lowest BCUT2D eigenvalue weighted by atomic mass is 9.73. The number of carbonyl (C=O) groups excluding carboxylic acids is 2. The second-order valence-electron chi connectivity index (χ2n) is 7.73. The molecule has 1 atom stereocenters. The first kappa shape index (κ1) is 18.9. The highest BCUT2D eigenvalue weighted by atomic mass is 16.3. The van der Waals surface area contributed by atoms with Crippen LogP contribution >= 0.6 is 0 Å². The van der Waals surface area contributed by atoms with Gasteiger partial charge in [-0.25, -0.2) is 4.98 Å². The van der Waals surface area contributed by atoms with Crippen LogP contribution in [0.4, 0.5) is 0 Å². The van der Waals surface area contributed by atoms with Crippen molar-refractivity contribution in [1.29, 1.82) is 0 Å². The van der Waals surface area contributed by atoms with Gasteiger partial charge in [0, 0.05) is 70.0 Å². The highest BCUT2D eigenvalue weighted by Gasteiger charge is 2.42. The lowest BCUT2D eigenvalue weighted by Crippen LogP contribution is -2.55. The van der Waals surface area contributed by atoms with Crippen LogP contribution in [0.15, 0.2) is 12.4 Å². The number of rotatable bonds is 6. The summed E-state index contributed by atoms with van der Waals surface area (Å²) in [5.74, 6) is 1.30. The maximum Gasteiger partial charge on any atom is 0.224 e. The van der Waals surface area contributed by atoms with Crippen molar-refractivity contribution in [2.75, 3.05) is 32.8 Å². The van der Waals surface area contributed by atoms with Crippen LogP contribution in [-0.2, 0) is 16.1 Å². The molecule has 3 rings (SSSR count). The van der Waals surface area contributed by atoms with Gasteiger partial charge in [0.25, 0.3) is 0 Å². The van der Waals surface area contributed by atoms with E-state index in [4.69, 9.17) is 5.11 Å². The molecule has 7 nitrogen and oxygen atoms in total. The molecule has 26 heavy (non-hydrogen) atoms. The van der Waals surface area contributed by atoms with Gasteiger partial charge in [-0.05, 0) is 32.6 Å². The van der Waals surface area contributed by atoms with E-state index in [1.807, 2.05) is 27.5 Å². The molecule has 2 amide bonds. The first-order chi connectivity index (χ1) is 12.5. The summed E-state index contributed by atoms with van der Waals surface area (Å²) in [4.78, 5) is 33.0. The summed E-state index contributed by atoms with van der Waals surface area (Å²) in [7, 11) is 0. The van der Waals surface area contributed by atoms with Crippen LogP contribution in [0.5, 0.6) is 0 Å². The van der Waals surface area contributed by atoms with Gasteiger partial charge < -0.3 is 19.5 Å². The average molecular weight is 362 g/mol. The predicted octanol–water partition coefficient (Wildman–Crippen LogP) is 1.20. The molecule has 1 aromatic heterocycles. The molecule has 3 heterocycles. The van der Waals surface area contributed by atoms with E-state index < -0.39 is 0 Å². The number of likely N-dealkylation sites (tertiary alicyclic amines) is 2. The number of carbonyl (C=O) groups is 2. The molecule has 1 spiro atoms. The van der Waals surface area contributed by atoms with E-state index >= 15 is 0 Å². The van der Waals surface area contributed by atoms with Gasteiger partial charge in [0.1, 0.15) is 5.82 Å². The van der Waals surface area contributed by atoms with Crippen LogP contribution in [0, 0.1) is 12.3 Å². The fraction of sp³-hybridized carbons (Fsp3) is 0.737. The maximum atomic E-state index is 12.7. The maximum absolute atomic E-state index is 12.7. The number of hydrogen-bond acceptors (Lipinski definition) is 4. The minimum atomic E-state index is 0.0300. The summed E-state index contributed by atoms with van der Waals surface area (Å²) in [6, 6.07) is 0. The first-order valence-corrected chi connectivity index (χ1v) is 9.67. The van der Waals surface area contributed by atoms with Gasteiger partial charge in [-0.15, -0.1) is 0 Å². The van der Waals surface area contributed by atoms with Crippen LogP contribution in [0.1, 0.15) is 44.3 Å². The number of piperidine rings is 2. The van der Waals surface area contributed by atoms with Gasteiger partial charge >= 0.3 is 0 Å². The van der Waals surface area contributed by atoms with Crippen molar-refractivity contribution in [1.82, 2.24) is 19.4 Å². The van der Waals surface area contributed by atoms with Crippen molar-refractivity contribution in [2.24, 2.45) is 5.41 Å². The molecule has 0 aliphatic carbocycles. The minimum absolute atomic E-state index is 0.0300. The summed E-state index contributed by atoms with van der Waals surface area (Å²) in [6.45, 7) is 5.61. The second kappa shape index (κ2) is 8.20. The summed E-state index contributed by atoms with van der Waals surface area (Å²) < 4.78 is 2.01. The van der Waals surface area contributed by atoms with Crippen LogP contribution in [0.2, 0.25) is 0 Å². The van der Waals surface area contributed by atoms with E-state index in [1.165, 1.54) is 0 Å². The zero-order valence-corrected chi connectivity index (χ0v) is 15.7. The fourth-order valence-electron chi connectivity index (χ4n) is 4.34. The second-order valence-corrected chi connectivity index (χ2v) is 7.73. The number of aromatic nitrogens is 2. The lowest BCUT2D eigenvalue weighted by Gasteiger charge is -2.48. The van der Waals surface area contributed by atoms with Crippen molar-refractivity contribution < 1.29 is 14.7 Å². The molecule has 0 aromatic carbocycles. The zero-order valence-electron chi connectivity index (χ0n) is 15.7.